The van der Waals surface area contributed by atoms with Crippen LogP contribution in [0.15, 0.2) is 65.5 Å². The van der Waals surface area contributed by atoms with Crippen molar-refractivity contribution in [3.05, 3.63) is 82.4 Å². The van der Waals surface area contributed by atoms with Crippen molar-refractivity contribution in [1.82, 2.24) is 24.8 Å². The summed E-state index contributed by atoms with van der Waals surface area (Å²) in [5.74, 6) is 1.64. The van der Waals surface area contributed by atoms with Crippen LogP contribution >= 0.6 is 0 Å². The first kappa shape index (κ1) is 17.9. The van der Waals surface area contributed by atoms with E-state index in [1.54, 1.807) is 17.7 Å². The number of hydrogen-bond donors (Lipinski definition) is 0. The molecule has 2 aromatic heterocycles. The van der Waals surface area contributed by atoms with Crippen LogP contribution in [0, 0.1) is 0 Å². The number of hydrogen-bond acceptors (Lipinski definition) is 5. The maximum atomic E-state index is 11.7. The third kappa shape index (κ3) is 3.93. The molecule has 0 atom stereocenters. The molecule has 7 heteroatoms. The van der Waals surface area contributed by atoms with Gasteiger partial charge in [-0.05, 0) is 46.7 Å². The van der Waals surface area contributed by atoms with Crippen LogP contribution in [-0.4, -0.2) is 31.4 Å². The molecule has 7 nitrogen and oxygen atoms in total. The van der Waals surface area contributed by atoms with Crippen LogP contribution in [0.3, 0.4) is 0 Å². The monoisotopic (exact) mass is 375 g/mol. The van der Waals surface area contributed by atoms with Gasteiger partial charge in [-0.2, -0.15) is 0 Å². The number of ether oxygens (including phenoxy) is 1. The second kappa shape index (κ2) is 8.04. The number of fused-ring (bicyclic) bond motifs is 1. The van der Waals surface area contributed by atoms with E-state index in [0.29, 0.717) is 13.2 Å². The standard InChI is InChI=1S/C21H21N5O2/c1-25-19-11-10-18(14-17(19)9-12-21(25)27)28-13-5-8-20-22-23-24-26(20)15-16-6-3-2-4-7-16/h2-4,6-7,9-12,14H,5,8,13,15H2,1H3. The number of nitrogens with zero attached hydrogens (tertiary/aromatic N) is 5. The predicted molar refractivity (Wildman–Crippen MR) is 106 cm³/mol. The van der Waals surface area contributed by atoms with E-state index in [0.717, 1.165) is 40.9 Å². The molecule has 0 aliphatic carbocycles. The number of aromatic nitrogens is 5. The van der Waals surface area contributed by atoms with Crippen molar-refractivity contribution in [2.24, 2.45) is 7.05 Å². The fraction of sp³-hybridized carbons (Fsp3) is 0.238. The molecule has 0 saturated carbocycles. The van der Waals surface area contributed by atoms with E-state index in [2.05, 4.69) is 27.7 Å². The molecule has 0 N–H and O–H groups in total. The topological polar surface area (TPSA) is 74.8 Å². The van der Waals surface area contributed by atoms with E-state index in [4.69, 9.17) is 4.74 Å². The zero-order valence-electron chi connectivity index (χ0n) is 15.7. The molecule has 0 amide bonds. The van der Waals surface area contributed by atoms with Gasteiger partial charge in [0.15, 0.2) is 5.82 Å². The van der Waals surface area contributed by atoms with Gasteiger partial charge in [0, 0.05) is 24.9 Å². The third-order valence-electron chi connectivity index (χ3n) is 4.69. The van der Waals surface area contributed by atoms with Gasteiger partial charge in [-0.25, -0.2) is 4.68 Å². The largest absolute Gasteiger partial charge is 0.494 e. The fourth-order valence-corrected chi connectivity index (χ4v) is 3.15. The molecule has 0 aliphatic heterocycles. The van der Waals surface area contributed by atoms with Gasteiger partial charge < -0.3 is 9.30 Å². The van der Waals surface area contributed by atoms with Gasteiger partial charge >= 0.3 is 0 Å². The summed E-state index contributed by atoms with van der Waals surface area (Å²) in [6, 6.07) is 19.3. The number of pyridine rings is 1. The number of aryl methyl sites for hydroxylation is 2. The van der Waals surface area contributed by atoms with E-state index >= 15 is 0 Å². The summed E-state index contributed by atoms with van der Waals surface area (Å²) in [7, 11) is 1.77. The molecule has 2 aromatic carbocycles. The van der Waals surface area contributed by atoms with Crippen molar-refractivity contribution in [2.45, 2.75) is 19.4 Å². The maximum absolute atomic E-state index is 11.7. The van der Waals surface area contributed by atoms with Crippen molar-refractivity contribution in [1.29, 1.82) is 0 Å². The van der Waals surface area contributed by atoms with Crippen LogP contribution in [0.1, 0.15) is 17.8 Å². The van der Waals surface area contributed by atoms with Crippen LogP contribution in [0.5, 0.6) is 5.75 Å². The Bertz CT molecular complexity index is 1130. The first-order valence-corrected chi connectivity index (χ1v) is 9.22. The third-order valence-corrected chi connectivity index (χ3v) is 4.69. The molecule has 0 unspecified atom stereocenters. The maximum Gasteiger partial charge on any atom is 0.250 e. The summed E-state index contributed by atoms with van der Waals surface area (Å²) in [6.07, 6.45) is 1.54. The number of benzene rings is 2. The molecule has 0 aliphatic rings. The van der Waals surface area contributed by atoms with E-state index in [-0.39, 0.29) is 5.56 Å². The second-order valence-electron chi connectivity index (χ2n) is 6.64. The molecule has 28 heavy (non-hydrogen) atoms. The zero-order chi connectivity index (χ0) is 19.3. The summed E-state index contributed by atoms with van der Waals surface area (Å²) in [6.45, 7) is 1.23. The smallest absolute Gasteiger partial charge is 0.250 e. The Morgan fingerprint density at radius 1 is 1.04 bits per heavy atom. The molecule has 0 radical (unpaired) electrons. The first-order valence-electron chi connectivity index (χ1n) is 9.22. The molecule has 142 valence electrons. The lowest BCUT2D eigenvalue weighted by atomic mass is 10.2. The van der Waals surface area contributed by atoms with Crippen LogP contribution < -0.4 is 10.3 Å². The average Bonchev–Trinajstić information content (AvgIpc) is 3.16. The molecule has 2 heterocycles. The lowest BCUT2D eigenvalue weighted by Gasteiger charge is -2.09. The summed E-state index contributed by atoms with van der Waals surface area (Å²) < 4.78 is 9.33. The Labute approximate surface area is 162 Å². The normalized spacial score (nSPS) is 11.0. The van der Waals surface area contributed by atoms with Gasteiger partial charge in [-0.3, -0.25) is 4.79 Å². The van der Waals surface area contributed by atoms with Crippen molar-refractivity contribution >= 4 is 10.9 Å². The Morgan fingerprint density at radius 2 is 1.89 bits per heavy atom. The minimum absolute atomic E-state index is 0.0191. The Morgan fingerprint density at radius 3 is 2.75 bits per heavy atom. The highest BCUT2D eigenvalue weighted by molar-refractivity contribution is 5.80. The lowest BCUT2D eigenvalue weighted by Crippen LogP contribution is -2.14. The highest BCUT2D eigenvalue weighted by atomic mass is 16.5. The van der Waals surface area contributed by atoms with Gasteiger partial charge in [0.1, 0.15) is 5.75 Å². The summed E-state index contributed by atoms with van der Waals surface area (Å²) >= 11 is 0. The SMILES string of the molecule is Cn1c(=O)ccc2cc(OCCCc3nnnn3Cc3ccccc3)ccc21. The Kier molecular flexibility index (Phi) is 5.14. The average molecular weight is 375 g/mol. The van der Waals surface area contributed by atoms with Gasteiger partial charge in [-0.15, -0.1) is 5.10 Å². The van der Waals surface area contributed by atoms with Crippen molar-refractivity contribution < 1.29 is 4.74 Å². The quantitative estimate of drug-likeness (QED) is 0.464. The highest BCUT2D eigenvalue weighted by Gasteiger charge is 2.07. The second-order valence-corrected chi connectivity index (χ2v) is 6.64. The Balaban J connectivity index is 1.34. The van der Waals surface area contributed by atoms with Gasteiger partial charge in [0.25, 0.3) is 5.56 Å². The molecule has 4 rings (SSSR count). The predicted octanol–water partition coefficient (Wildman–Crippen LogP) is 2.58. The molecule has 0 spiro atoms. The van der Waals surface area contributed by atoms with Crippen LogP contribution in [0.25, 0.3) is 10.9 Å². The minimum Gasteiger partial charge on any atom is -0.494 e. The zero-order valence-corrected chi connectivity index (χ0v) is 15.7. The summed E-state index contributed by atoms with van der Waals surface area (Å²) in [5, 5.41) is 13.0. The lowest BCUT2D eigenvalue weighted by molar-refractivity contribution is 0.309. The molecule has 0 fully saturated rings. The van der Waals surface area contributed by atoms with Gasteiger partial charge in [0.05, 0.1) is 18.7 Å². The van der Waals surface area contributed by atoms with Crippen LogP contribution in [0.2, 0.25) is 0 Å². The summed E-state index contributed by atoms with van der Waals surface area (Å²) in [5.41, 5.74) is 2.03. The van der Waals surface area contributed by atoms with Gasteiger partial charge in [-0.1, -0.05) is 30.3 Å². The number of tetrazole rings is 1. The molecular formula is C21H21N5O2. The molecule has 0 saturated heterocycles. The van der Waals surface area contributed by atoms with E-state index in [9.17, 15) is 4.79 Å². The van der Waals surface area contributed by atoms with Crippen LogP contribution in [0.4, 0.5) is 0 Å². The van der Waals surface area contributed by atoms with E-state index in [1.165, 1.54) is 0 Å². The highest BCUT2D eigenvalue weighted by Crippen LogP contribution is 2.19. The van der Waals surface area contributed by atoms with Gasteiger partial charge in [0.2, 0.25) is 0 Å². The molecular weight excluding hydrogens is 354 g/mol. The van der Waals surface area contributed by atoms with Crippen molar-refractivity contribution in [3.63, 3.8) is 0 Å². The Hall–Kier alpha value is -3.48. The van der Waals surface area contributed by atoms with Crippen LogP contribution in [-0.2, 0) is 20.0 Å². The van der Waals surface area contributed by atoms with Crippen molar-refractivity contribution in [3.8, 4) is 5.75 Å². The summed E-state index contributed by atoms with van der Waals surface area (Å²) in [4.78, 5) is 11.7. The first-order chi connectivity index (χ1) is 13.7. The van der Waals surface area contributed by atoms with Crippen molar-refractivity contribution in [2.75, 3.05) is 6.61 Å². The minimum atomic E-state index is -0.0191. The number of rotatable bonds is 7. The fourth-order valence-electron chi connectivity index (χ4n) is 3.15. The van der Waals surface area contributed by atoms with E-state index < -0.39 is 0 Å². The van der Waals surface area contributed by atoms with E-state index in [1.807, 2.05) is 47.1 Å². The molecule has 0 bridgehead atoms. The molecule has 4 aromatic rings.